The summed E-state index contributed by atoms with van der Waals surface area (Å²) in [4.78, 5) is 4.68. The lowest BCUT2D eigenvalue weighted by atomic mass is 10.1. The molecule has 0 saturated heterocycles. The van der Waals surface area contributed by atoms with E-state index in [2.05, 4.69) is 58.3 Å². The summed E-state index contributed by atoms with van der Waals surface area (Å²) in [5, 5.41) is 4.61. The van der Waals surface area contributed by atoms with E-state index in [-0.39, 0.29) is 0 Å². The Hall–Kier alpha value is -1.13. The van der Waals surface area contributed by atoms with E-state index in [1.54, 1.807) is 7.11 Å². The number of aryl methyl sites for hydroxylation is 1. The molecule has 0 atom stereocenters. The lowest BCUT2D eigenvalue weighted by Gasteiger charge is -2.13. The van der Waals surface area contributed by atoms with Crippen molar-refractivity contribution in [1.82, 2.24) is 4.98 Å². The van der Waals surface area contributed by atoms with Crippen molar-refractivity contribution in [1.29, 1.82) is 0 Å². The lowest BCUT2D eigenvalue weighted by Crippen LogP contribution is -2.03. The van der Waals surface area contributed by atoms with Crippen LogP contribution in [0.2, 0.25) is 0 Å². The van der Waals surface area contributed by atoms with Crippen LogP contribution in [0.25, 0.3) is 10.9 Å². The van der Waals surface area contributed by atoms with Gasteiger partial charge in [-0.05, 0) is 40.9 Å². The molecule has 0 bridgehead atoms. The van der Waals surface area contributed by atoms with Gasteiger partial charge in [-0.2, -0.15) is 0 Å². The quantitative estimate of drug-likeness (QED) is 0.892. The summed E-state index contributed by atoms with van der Waals surface area (Å²) in [7, 11) is 1.69. The van der Waals surface area contributed by atoms with Gasteiger partial charge in [0.1, 0.15) is 0 Å². The van der Waals surface area contributed by atoms with Crippen LogP contribution in [0.4, 0.5) is 5.69 Å². The highest BCUT2D eigenvalue weighted by molar-refractivity contribution is 9.10. The molecule has 1 aromatic carbocycles. The molecule has 4 heteroatoms. The van der Waals surface area contributed by atoms with Gasteiger partial charge in [-0.1, -0.05) is 19.1 Å². The van der Waals surface area contributed by atoms with Crippen LogP contribution in [0, 0.1) is 6.92 Å². The number of rotatable bonds is 5. The van der Waals surface area contributed by atoms with E-state index in [1.165, 1.54) is 5.56 Å². The highest BCUT2D eigenvalue weighted by Gasteiger charge is 2.10. The molecule has 1 aromatic heterocycles. The Morgan fingerprint density at radius 1 is 1.37 bits per heavy atom. The fraction of sp³-hybridized carbons (Fsp3) is 0.400. The second-order valence-corrected chi connectivity index (χ2v) is 5.41. The molecule has 3 nitrogen and oxygen atoms in total. The van der Waals surface area contributed by atoms with Crippen molar-refractivity contribution < 1.29 is 4.74 Å². The van der Waals surface area contributed by atoms with Gasteiger partial charge in [-0.25, -0.2) is 4.98 Å². The second-order valence-electron chi connectivity index (χ2n) is 4.61. The van der Waals surface area contributed by atoms with Crippen molar-refractivity contribution in [3.05, 3.63) is 33.9 Å². The fourth-order valence-electron chi connectivity index (χ4n) is 2.04. The van der Waals surface area contributed by atoms with E-state index in [0.717, 1.165) is 39.7 Å². The van der Waals surface area contributed by atoms with Crippen LogP contribution in [-0.4, -0.2) is 18.6 Å². The Morgan fingerprint density at radius 2 is 2.16 bits per heavy atom. The normalized spacial score (nSPS) is 10.9. The van der Waals surface area contributed by atoms with Crippen molar-refractivity contribution in [2.45, 2.75) is 26.9 Å². The number of nitrogens with one attached hydrogen (secondary N) is 1. The molecule has 0 aliphatic carbocycles. The number of halogens is 1. The molecule has 0 spiro atoms. The molecule has 0 amide bonds. The molecular weight excluding hydrogens is 304 g/mol. The summed E-state index contributed by atoms with van der Waals surface area (Å²) in [6.07, 6.45) is 1.09. The fourth-order valence-corrected chi connectivity index (χ4v) is 2.47. The number of aromatic nitrogens is 1. The molecule has 19 heavy (non-hydrogen) atoms. The standard InChI is InChI=1S/C15H19BrN2O/c1-4-7-17-13-8-11(9-19-3)18-15-12(13)6-5-10(2)14(15)16/h5-6,8H,4,7,9H2,1-3H3,(H,17,18). The Balaban J connectivity index is 2.60. The van der Waals surface area contributed by atoms with Crippen LogP contribution in [-0.2, 0) is 11.3 Å². The number of pyridine rings is 1. The molecule has 0 saturated carbocycles. The van der Waals surface area contributed by atoms with Gasteiger partial charge in [0.2, 0.25) is 0 Å². The number of ether oxygens (including phenoxy) is 1. The van der Waals surface area contributed by atoms with Gasteiger partial charge in [0, 0.05) is 29.2 Å². The number of hydrogen-bond donors (Lipinski definition) is 1. The zero-order chi connectivity index (χ0) is 13.8. The van der Waals surface area contributed by atoms with Crippen molar-refractivity contribution in [3.8, 4) is 0 Å². The monoisotopic (exact) mass is 322 g/mol. The van der Waals surface area contributed by atoms with Gasteiger partial charge >= 0.3 is 0 Å². The molecule has 0 radical (unpaired) electrons. The third-order valence-corrected chi connectivity index (χ3v) is 4.02. The first-order chi connectivity index (χ1) is 9.17. The average Bonchev–Trinajstić information content (AvgIpc) is 2.41. The Labute approximate surface area is 122 Å². The van der Waals surface area contributed by atoms with Gasteiger partial charge < -0.3 is 10.1 Å². The van der Waals surface area contributed by atoms with Gasteiger partial charge in [0.15, 0.2) is 0 Å². The minimum absolute atomic E-state index is 0.525. The van der Waals surface area contributed by atoms with Crippen molar-refractivity contribution in [2.75, 3.05) is 19.0 Å². The molecule has 0 aliphatic rings. The highest BCUT2D eigenvalue weighted by Crippen LogP contribution is 2.31. The third-order valence-electron chi connectivity index (χ3n) is 3.02. The molecule has 2 rings (SSSR count). The summed E-state index contributed by atoms with van der Waals surface area (Å²) in [6, 6.07) is 6.31. The van der Waals surface area contributed by atoms with Crippen molar-refractivity contribution in [3.63, 3.8) is 0 Å². The van der Waals surface area contributed by atoms with Gasteiger partial charge in [-0.15, -0.1) is 0 Å². The van der Waals surface area contributed by atoms with Crippen LogP contribution < -0.4 is 5.32 Å². The number of methoxy groups -OCH3 is 1. The Kier molecular flexibility index (Phi) is 4.77. The maximum Gasteiger partial charge on any atom is 0.0885 e. The van der Waals surface area contributed by atoms with Gasteiger partial charge in [0.25, 0.3) is 0 Å². The minimum Gasteiger partial charge on any atom is -0.384 e. The summed E-state index contributed by atoms with van der Waals surface area (Å²) < 4.78 is 6.26. The number of anilines is 1. The average molecular weight is 323 g/mol. The SMILES string of the molecule is CCCNc1cc(COC)nc2c(Br)c(C)ccc12. The molecule has 0 aliphatic heterocycles. The highest BCUT2D eigenvalue weighted by atomic mass is 79.9. The van der Waals surface area contributed by atoms with E-state index in [9.17, 15) is 0 Å². The zero-order valence-corrected chi connectivity index (χ0v) is 13.2. The largest absolute Gasteiger partial charge is 0.384 e. The number of hydrogen-bond acceptors (Lipinski definition) is 3. The number of benzene rings is 1. The Bertz CT molecular complexity index is 584. The van der Waals surface area contributed by atoms with Crippen LogP contribution in [0.3, 0.4) is 0 Å². The van der Waals surface area contributed by atoms with Gasteiger partial charge in [0.05, 0.1) is 17.8 Å². The molecule has 1 N–H and O–H groups in total. The van der Waals surface area contributed by atoms with Crippen molar-refractivity contribution >= 4 is 32.5 Å². The van der Waals surface area contributed by atoms with Crippen molar-refractivity contribution in [2.24, 2.45) is 0 Å². The van der Waals surface area contributed by atoms with Crippen LogP contribution in [0.15, 0.2) is 22.7 Å². The van der Waals surface area contributed by atoms with Crippen LogP contribution >= 0.6 is 15.9 Å². The first-order valence-corrected chi connectivity index (χ1v) is 7.28. The predicted octanol–water partition coefficient (Wildman–Crippen LogP) is 4.27. The molecule has 1 heterocycles. The molecule has 0 fully saturated rings. The maximum atomic E-state index is 5.20. The molecular formula is C15H19BrN2O. The topological polar surface area (TPSA) is 34.1 Å². The van der Waals surface area contributed by atoms with E-state index in [4.69, 9.17) is 4.74 Å². The van der Waals surface area contributed by atoms with E-state index in [0.29, 0.717) is 6.61 Å². The summed E-state index contributed by atoms with van der Waals surface area (Å²) in [6.45, 7) is 5.72. The summed E-state index contributed by atoms with van der Waals surface area (Å²) >= 11 is 3.64. The predicted molar refractivity (Wildman–Crippen MR) is 83.7 cm³/mol. The summed E-state index contributed by atoms with van der Waals surface area (Å²) in [5.41, 5.74) is 4.25. The smallest absolute Gasteiger partial charge is 0.0885 e. The van der Waals surface area contributed by atoms with Gasteiger partial charge in [-0.3, -0.25) is 0 Å². The van der Waals surface area contributed by atoms with E-state index < -0.39 is 0 Å². The van der Waals surface area contributed by atoms with Crippen LogP contribution in [0.5, 0.6) is 0 Å². The first-order valence-electron chi connectivity index (χ1n) is 6.49. The molecule has 102 valence electrons. The van der Waals surface area contributed by atoms with E-state index in [1.807, 2.05) is 0 Å². The van der Waals surface area contributed by atoms with Crippen LogP contribution in [0.1, 0.15) is 24.6 Å². The van der Waals surface area contributed by atoms with E-state index >= 15 is 0 Å². The zero-order valence-electron chi connectivity index (χ0n) is 11.6. The Morgan fingerprint density at radius 3 is 2.84 bits per heavy atom. The maximum absolute atomic E-state index is 5.20. The number of nitrogens with zero attached hydrogens (tertiary/aromatic N) is 1. The second kappa shape index (κ2) is 6.35. The first kappa shape index (κ1) is 14.3. The summed E-state index contributed by atoms with van der Waals surface area (Å²) in [5.74, 6) is 0. The number of fused-ring (bicyclic) bond motifs is 1. The minimum atomic E-state index is 0.525. The third kappa shape index (κ3) is 3.07. The molecule has 2 aromatic rings. The molecule has 0 unspecified atom stereocenters. The lowest BCUT2D eigenvalue weighted by molar-refractivity contribution is 0.182.